The molecule has 0 radical (unpaired) electrons. The summed E-state index contributed by atoms with van der Waals surface area (Å²) in [5.41, 5.74) is 0.0203. The van der Waals surface area contributed by atoms with Crippen molar-refractivity contribution in [3.05, 3.63) is 83.4 Å². The van der Waals surface area contributed by atoms with E-state index < -0.39 is 23.4 Å². The Morgan fingerprint density at radius 2 is 1.42 bits per heavy atom. The van der Waals surface area contributed by atoms with Crippen molar-refractivity contribution in [3.63, 3.8) is 0 Å². The van der Waals surface area contributed by atoms with Crippen molar-refractivity contribution in [2.75, 3.05) is 0 Å². The topological polar surface area (TPSA) is 0 Å². The summed E-state index contributed by atoms with van der Waals surface area (Å²) in [6.45, 7) is 2.20. The van der Waals surface area contributed by atoms with Crippen molar-refractivity contribution in [2.45, 2.75) is 51.6 Å². The third-order valence-corrected chi connectivity index (χ3v) is 6.17. The van der Waals surface area contributed by atoms with Gasteiger partial charge in [-0.05, 0) is 52.3 Å². The first-order valence-corrected chi connectivity index (χ1v) is 11.3. The Morgan fingerprint density at radius 1 is 0.697 bits per heavy atom. The first-order valence-electron chi connectivity index (χ1n) is 11.3. The fraction of sp³-hybridized carbons (Fsp3) is 0.286. The van der Waals surface area contributed by atoms with Crippen molar-refractivity contribution in [1.82, 2.24) is 0 Å². The Kier molecular flexibility index (Phi) is 6.68. The second kappa shape index (κ2) is 9.50. The highest BCUT2D eigenvalue weighted by Crippen LogP contribution is 2.36. The zero-order valence-electron chi connectivity index (χ0n) is 18.4. The van der Waals surface area contributed by atoms with E-state index in [9.17, 15) is 17.6 Å². The van der Waals surface area contributed by atoms with E-state index in [0.717, 1.165) is 41.1 Å². The molecule has 0 spiro atoms. The molecule has 0 aromatic heterocycles. The van der Waals surface area contributed by atoms with Gasteiger partial charge in [0.15, 0.2) is 0 Å². The Bertz CT molecular complexity index is 1290. The molecule has 0 heterocycles. The number of fused-ring (bicyclic) bond motifs is 3. The molecule has 33 heavy (non-hydrogen) atoms. The predicted molar refractivity (Wildman–Crippen MR) is 124 cm³/mol. The fourth-order valence-electron chi connectivity index (χ4n) is 4.38. The van der Waals surface area contributed by atoms with Crippen LogP contribution in [0.5, 0.6) is 0 Å². The van der Waals surface area contributed by atoms with Gasteiger partial charge in [-0.25, -0.2) is 8.78 Å². The fourth-order valence-corrected chi connectivity index (χ4v) is 4.38. The third kappa shape index (κ3) is 4.87. The van der Waals surface area contributed by atoms with Crippen molar-refractivity contribution in [2.24, 2.45) is 0 Å². The molecule has 0 bridgehead atoms. The van der Waals surface area contributed by atoms with Crippen LogP contribution in [0.25, 0.3) is 32.7 Å². The molecule has 0 N–H and O–H groups in total. The molecule has 0 aliphatic carbocycles. The summed E-state index contributed by atoms with van der Waals surface area (Å²) in [6.07, 6.45) is 2.29. The van der Waals surface area contributed by atoms with Crippen molar-refractivity contribution in [3.8, 4) is 11.1 Å². The maximum Gasteiger partial charge on any atom is 0.419 e. The lowest BCUT2D eigenvalue weighted by Gasteiger charge is -2.12. The SMILES string of the molecule is CCCCCCCc1ccc2c(ccc3c(F)c(-c4ccc(C(F)(F)F)c(F)c4)ccc32)c1. The highest BCUT2D eigenvalue weighted by atomic mass is 19.4. The van der Waals surface area contributed by atoms with E-state index in [2.05, 4.69) is 19.1 Å². The Hall–Kier alpha value is -2.95. The minimum absolute atomic E-state index is 0.0678. The van der Waals surface area contributed by atoms with Crippen LogP contribution in [0, 0.1) is 11.6 Å². The van der Waals surface area contributed by atoms with Gasteiger partial charge in [-0.15, -0.1) is 0 Å². The van der Waals surface area contributed by atoms with Gasteiger partial charge in [0.05, 0.1) is 5.56 Å². The molecule has 4 aromatic carbocycles. The quantitative estimate of drug-likeness (QED) is 0.148. The summed E-state index contributed by atoms with van der Waals surface area (Å²) in [5, 5.41) is 3.00. The van der Waals surface area contributed by atoms with Gasteiger partial charge in [0, 0.05) is 10.9 Å². The van der Waals surface area contributed by atoms with Crippen LogP contribution in [0.15, 0.2) is 60.7 Å². The number of hydrogen-bond acceptors (Lipinski definition) is 0. The Labute approximate surface area is 190 Å². The Morgan fingerprint density at radius 3 is 2.15 bits per heavy atom. The van der Waals surface area contributed by atoms with E-state index >= 15 is 4.39 Å². The molecular weight excluding hydrogens is 431 g/mol. The van der Waals surface area contributed by atoms with Crippen LogP contribution in [0.3, 0.4) is 0 Å². The first-order chi connectivity index (χ1) is 15.8. The number of benzene rings is 4. The monoisotopic (exact) mass is 456 g/mol. The number of alkyl halides is 3. The van der Waals surface area contributed by atoms with Gasteiger partial charge in [-0.2, -0.15) is 13.2 Å². The second-order valence-electron chi connectivity index (χ2n) is 8.50. The minimum atomic E-state index is -4.79. The molecule has 0 saturated carbocycles. The maximum absolute atomic E-state index is 15.4. The van der Waals surface area contributed by atoms with Crippen LogP contribution in [0.2, 0.25) is 0 Å². The van der Waals surface area contributed by atoms with Gasteiger partial charge in [-0.1, -0.05) is 81.1 Å². The number of aryl methyl sites for hydroxylation is 1. The largest absolute Gasteiger partial charge is 0.419 e. The zero-order chi connectivity index (χ0) is 23.6. The van der Waals surface area contributed by atoms with Crippen LogP contribution in [0.4, 0.5) is 22.0 Å². The van der Waals surface area contributed by atoms with E-state index in [0.29, 0.717) is 11.5 Å². The molecule has 172 valence electrons. The average Bonchev–Trinajstić information content (AvgIpc) is 2.78. The molecule has 0 nitrogen and oxygen atoms in total. The second-order valence-corrected chi connectivity index (χ2v) is 8.50. The molecule has 4 rings (SSSR count). The van der Waals surface area contributed by atoms with Gasteiger partial charge in [0.25, 0.3) is 0 Å². The molecular formula is C28H25F5. The maximum atomic E-state index is 15.4. The number of hydrogen-bond donors (Lipinski definition) is 0. The lowest BCUT2D eigenvalue weighted by Crippen LogP contribution is -2.07. The minimum Gasteiger partial charge on any atom is -0.206 e. The molecule has 0 aliphatic heterocycles. The van der Waals surface area contributed by atoms with Crippen molar-refractivity contribution >= 4 is 21.5 Å². The summed E-state index contributed by atoms with van der Waals surface area (Å²) in [7, 11) is 0. The standard InChI is InChI=1S/C28H25F5/c1-2-3-4-5-6-7-18-8-11-21-19(16-18)9-12-24-23(21)14-13-22(27(24)30)20-10-15-25(26(29)17-20)28(31,32)33/h8-17H,2-7H2,1H3. The first kappa shape index (κ1) is 23.2. The van der Waals surface area contributed by atoms with Crippen LogP contribution >= 0.6 is 0 Å². The highest BCUT2D eigenvalue weighted by Gasteiger charge is 2.34. The number of rotatable bonds is 7. The highest BCUT2D eigenvalue weighted by molar-refractivity contribution is 6.08. The van der Waals surface area contributed by atoms with Crippen molar-refractivity contribution in [1.29, 1.82) is 0 Å². The molecule has 0 saturated heterocycles. The van der Waals surface area contributed by atoms with E-state index in [1.165, 1.54) is 37.3 Å². The van der Waals surface area contributed by atoms with E-state index in [4.69, 9.17) is 0 Å². The number of halogens is 5. The molecule has 0 unspecified atom stereocenters. The Balaban J connectivity index is 1.66. The van der Waals surface area contributed by atoms with Crippen LogP contribution in [-0.4, -0.2) is 0 Å². The van der Waals surface area contributed by atoms with Gasteiger partial charge in [0.2, 0.25) is 0 Å². The molecule has 0 aliphatic rings. The lowest BCUT2D eigenvalue weighted by atomic mass is 9.94. The smallest absolute Gasteiger partial charge is 0.206 e. The molecule has 0 fully saturated rings. The van der Waals surface area contributed by atoms with E-state index in [-0.39, 0.29) is 11.1 Å². The van der Waals surface area contributed by atoms with E-state index in [1.807, 2.05) is 12.1 Å². The summed E-state index contributed by atoms with van der Waals surface area (Å²) in [5.74, 6) is -1.99. The summed E-state index contributed by atoms with van der Waals surface area (Å²) < 4.78 is 67.9. The van der Waals surface area contributed by atoms with Gasteiger partial charge in [0.1, 0.15) is 11.6 Å². The van der Waals surface area contributed by atoms with Gasteiger partial charge in [-0.3, -0.25) is 0 Å². The van der Waals surface area contributed by atoms with Crippen molar-refractivity contribution < 1.29 is 22.0 Å². The van der Waals surface area contributed by atoms with Crippen LogP contribution in [0.1, 0.15) is 50.2 Å². The van der Waals surface area contributed by atoms with Gasteiger partial charge < -0.3 is 0 Å². The summed E-state index contributed by atoms with van der Waals surface area (Å²) in [4.78, 5) is 0. The van der Waals surface area contributed by atoms with Gasteiger partial charge >= 0.3 is 6.18 Å². The summed E-state index contributed by atoms with van der Waals surface area (Å²) >= 11 is 0. The molecule has 5 heteroatoms. The summed E-state index contributed by atoms with van der Waals surface area (Å²) in [6, 6.07) is 15.5. The lowest BCUT2D eigenvalue weighted by molar-refractivity contribution is -0.139. The van der Waals surface area contributed by atoms with E-state index in [1.54, 1.807) is 12.1 Å². The third-order valence-electron chi connectivity index (χ3n) is 6.17. The number of unbranched alkanes of at least 4 members (excludes halogenated alkanes) is 4. The van der Waals surface area contributed by atoms with Crippen LogP contribution < -0.4 is 0 Å². The van der Waals surface area contributed by atoms with Crippen LogP contribution in [-0.2, 0) is 12.6 Å². The predicted octanol–water partition coefficient (Wildman–Crippen LogP) is 9.47. The molecule has 0 atom stereocenters. The average molecular weight is 456 g/mol. The normalized spacial score (nSPS) is 12.1. The molecule has 0 amide bonds. The molecule has 4 aromatic rings. The zero-order valence-corrected chi connectivity index (χ0v) is 18.4.